The molecule has 1 atom stereocenters. The van der Waals surface area contributed by atoms with Crippen molar-refractivity contribution in [2.45, 2.75) is 44.0 Å². The molecule has 30 heavy (non-hydrogen) atoms. The normalized spacial score (nSPS) is 20.7. The van der Waals surface area contributed by atoms with Gasteiger partial charge in [0.15, 0.2) is 5.17 Å². The molecule has 0 spiro atoms. The minimum Gasteiger partial charge on any atom is -0.381 e. The van der Waals surface area contributed by atoms with E-state index < -0.39 is 0 Å². The number of para-hydroxylation sites is 1. The van der Waals surface area contributed by atoms with Crippen LogP contribution in [-0.4, -0.2) is 42.5 Å². The van der Waals surface area contributed by atoms with Crippen molar-refractivity contribution >= 4 is 22.6 Å². The summed E-state index contributed by atoms with van der Waals surface area (Å²) in [7, 11) is 0. The van der Waals surface area contributed by atoms with Crippen molar-refractivity contribution in [1.82, 2.24) is 4.90 Å². The molecule has 1 saturated heterocycles. The molecule has 1 N–H and O–H groups in total. The molecule has 0 saturated carbocycles. The lowest BCUT2D eigenvalue weighted by Crippen LogP contribution is -2.40. The van der Waals surface area contributed by atoms with E-state index in [0.29, 0.717) is 6.61 Å². The molecular formula is C24H30FN3OS. The SMILES string of the molecule is Fc1ccc(CCOCCCN2CCCCC2N=C2Nc3ccccc3CS2)cc1. The predicted octanol–water partition coefficient (Wildman–Crippen LogP) is 5.30. The summed E-state index contributed by atoms with van der Waals surface area (Å²) in [6.45, 7) is 3.55. The number of thioether (sulfide) groups is 1. The van der Waals surface area contributed by atoms with E-state index in [9.17, 15) is 4.39 Å². The molecule has 4 nitrogen and oxygen atoms in total. The van der Waals surface area contributed by atoms with E-state index in [-0.39, 0.29) is 12.0 Å². The van der Waals surface area contributed by atoms with E-state index in [2.05, 4.69) is 34.5 Å². The van der Waals surface area contributed by atoms with Gasteiger partial charge in [0.1, 0.15) is 12.0 Å². The largest absolute Gasteiger partial charge is 0.381 e. The maximum atomic E-state index is 12.9. The number of piperidine rings is 1. The van der Waals surface area contributed by atoms with Crippen LogP contribution in [0.15, 0.2) is 53.5 Å². The second-order valence-corrected chi connectivity index (χ2v) is 8.82. The fraction of sp³-hybridized carbons (Fsp3) is 0.458. The highest BCUT2D eigenvalue weighted by Crippen LogP contribution is 2.29. The maximum Gasteiger partial charge on any atom is 0.162 e. The molecule has 4 rings (SSSR count). The molecule has 0 radical (unpaired) electrons. The van der Waals surface area contributed by atoms with Gasteiger partial charge in [0, 0.05) is 31.1 Å². The summed E-state index contributed by atoms with van der Waals surface area (Å²) in [5.74, 6) is 0.793. The van der Waals surface area contributed by atoms with Gasteiger partial charge in [0.05, 0.1) is 6.61 Å². The van der Waals surface area contributed by atoms with Crippen molar-refractivity contribution in [3.8, 4) is 0 Å². The molecule has 160 valence electrons. The third-order valence-corrected chi connectivity index (χ3v) is 6.59. The molecule has 6 heteroatoms. The number of hydrogen-bond donors (Lipinski definition) is 1. The molecule has 0 aromatic heterocycles. The van der Waals surface area contributed by atoms with Crippen LogP contribution >= 0.6 is 11.8 Å². The van der Waals surface area contributed by atoms with Gasteiger partial charge in [0.2, 0.25) is 0 Å². The molecule has 2 aromatic carbocycles. The zero-order valence-electron chi connectivity index (χ0n) is 17.4. The van der Waals surface area contributed by atoms with Crippen molar-refractivity contribution in [2.75, 3.05) is 31.6 Å². The fourth-order valence-electron chi connectivity index (χ4n) is 3.96. The van der Waals surface area contributed by atoms with Gasteiger partial charge in [-0.2, -0.15) is 0 Å². The van der Waals surface area contributed by atoms with E-state index in [1.165, 1.54) is 36.2 Å². The first-order valence-corrected chi connectivity index (χ1v) is 11.9. The third kappa shape index (κ3) is 6.06. The van der Waals surface area contributed by atoms with Crippen LogP contribution in [0.4, 0.5) is 10.1 Å². The summed E-state index contributed by atoms with van der Waals surface area (Å²) >= 11 is 1.80. The second kappa shape index (κ2) is 10.9. The van der Waals surface area contributed by atoms with Crippen LogP contribution in [0.1, 0.15) is 36.8 Å². The van der Waals surface area contributed by atoms with Crippen LogP contribution in [0.3, 0.4) is 0 Å². The molecule has 2 aromatic rings. The first-order valence-electron chi connectivity index (χ1n) is 10.9. The summed E-state index contributed by atoms with van der Waals surface area (Å²) in [5.41, 5.74) is 3.65. The van der Waals surface area contributed by atoms with Gasteiger partial charge in [-0.3, -0.25) is 4.90 Å². The fourth-order valence-corrected chi connectivity index (χ4v) is 4.89. The van der Waals surface area contributed by atoms with Crippen molar-refractivity contribution in [1.29, 1.82) is 0 Å². The third-order valence-electron chi connectivity index (χ3n) is 5.65. The number of aliphatic imine (C=N–C) groups is 1. The lowest BCUT2D eigenvalue weighted by Gasteiger charge is -2.34. The molecule has 0 bridgehead atoms. The Morgan fingerprint density at radius 2 is 1.97 bits per heavy atom. The van der Waals surface area contributed by atoms with Crippen LogP contribution in [0.25, 0.3) is 0 Å². The minimum atomic E-state index is -0.189. The van der Waals surface area contributed by atoms with E-state index >= 15 is 0 Å². The predicted molar refractivity (Wildman–Crippen MR) is 124 cm³/mol. The Labute approximate surface area is 182 Å². The molecule has 2 aliphatic heterocycles. The van der Waals surface area contributed by atoms with Crippen LogP contribution in [-0.2, 0) is 16.9 Å². The van der Waals surface area contributed by atoms with Crippen molar-refractivity contribution < 1.29 is 9.13 Å². The standard InChI is InChI=1S/C24H30FN3OS/c25-21-11-9-19(10-12-21)13-17-29-16-5-15-28-14-4-3-8-23(28)27-24-26-22-7-2-1-6-20(22)18-30-24/h1-2,6-7,9-12,23H,3-5,8,13-18H2,(H,26,27). The minimum absolute atomic E-state index is 0.189. The summed E-state index contributed by atoms with van der Waals surface area (Å²) < 4.78 is 18.8. The Morgan fingerprint density at radius 1 is 1.10 bits per heavy atom. The van der Waals surface area contributed by atoms with E-state index in [1.807, 2.05) is 12.1 Å². The molecular weight excluding hydrogens is 397 g/mol. The smallest absolute Gasteiger partial charge is 0.162 e. The summed E-state index contributed by atoms with van der Waals surface area (Å²) in [6, 6.07) is 15.1. The molecule has 2 aliphatic rings. The van der Waals surface area contributed by atoms with Gasteiger partial charge < -0.3 is 10.1 Å². The summed E-state index contributed by atoms with van der Waals surface area (Å²) in [4.78, 5) is 7.56. The number of ether oxygens (including phenoxy) is 1. The molecule has 0 aliphatic carbocycles. The number of nitrogens with zero attached hydrogens (tertiary/aromatic N) is 2. The number of anilines is 1. The highest BCUT2D eigenvalue weighted by atomic mass is 32.2. The number of likely N-dealkylation sites (tertiary alicyclic amines) is 1. The molecule has 2 heterocycles. The lowest BCUT2D eigenvalue weighted by atomic mass is 10.1. The Kier molecular flexibility index (Phi) is 7.78. The first kappa shape index (κ1) is 21.3. The zero-order valence-corrected chi connectivity index (χ0v) is 18.2. The average Bonchev–Trinajstić information content (AvgIpc) is 2.78. The first-order chi connectivity index (χ1) is 14.8. The monoisotopic (exact) mass is 427 g/mol. The number of fused-ring (bicyclic) bond motifs is 1. The summed E-state index contributed by atoms with van der Waals surface area (Å²) in [6.07, 6.45) is 5.71. The Morgan fingerprint density at radius 3 is 2.87 bits per heavy atom. The van der Waals surface area contributed by atoms with Crippen LogP contribution < -0.4 is 5.32 Å². The lowest BCUT2D eigenvalue weighted by molar-refractivity contribution is 0.103. The number of rotatable bonds is 8. The Hall–Kier alpha value is -1.89. The van der Waals surface area contributed by atoms with Crippen LogP contribution in [0.2, 0.25) is 0 Å². The highest BCUT2D eigenvalue weighted by molar-refractivity contribution is 8.13. The van der Waals surface area contributed by atoms with E-state index in [0.717, 1.165) is 55.4 Å². The Bertz CT molecular complexity index is 843. The van der Waals surface area contributed by atoms with Crippen molar-refractivity contribution in [2.24, 2.45) is 4.99 Å². The topological polar surface area (TPSA) is 36.9 Å². The quantitative estimate of drug-likeness (QED) is 0.580. The average molecular weight is 428 g/mol. The number of nitrogens with one attached hydrogen (secondary N) is 1. The number of halogens is 1. The Balaban J connectivity index is 1.21. The highest BCUT2D eigenvalue weighted by Gasteiger charge is 2.23. The molecule has 1 unspecified atom stereocenters. The van der Waals surface area contributed by atoms with Gasteiger partial charge >= 0.3 is 0 Å². The van der Waals surface area contributed by atoms with Crippen LogP contribution in [0, 0.1) is 5.82 Å². The molecule has 0 amide bonds. The molecule has 1 fully saturated rings. The van der Waals surface area contributed by atoms with E-state index in [4.69, 9.17) is 9.73 Å². The maximum absolute atomic E-state index is 12.9. The number of hydrogen-bond acceptors (Lipinski definition) is 4. The number of amidine groups is 1. The zero-order chi connectivity index (χ0) is 20.6. The van der Waals surface area contributed by atoms with Gasteiger partial charge in [-0.1, -0.05) is 42.1 Å². The van der Waals surface area contributed by atoms with Gasteiger partial charge in [-0.15, -0.1) is 0 Å². The van der Waals surface area contributed by atoms with Gasteiger partial charge in [0.25, 0.3) is 0 Å². The summed E-state index contributed by atoms with van der Waals surface area (Å²) in [5, 5.41) is 4.55. The van der Waals surface area contributed by atoms with Gasteiger partial charge in [-0.05, 0) is 61.4 Å². The van der Waals surface area contributed by atoms with E-state index in [1.54, 1.807) is 11.8 Å². The number of benzene rings is 2. The van der Waals surface area contributed by atoms with Crippen LogP contribution in [0.5, 0.6) is 0 Å². The van der Waals surface area contributed by atoms with Crippen molar-refractivity contribution in [3.63, 3.8) is 0 Å². The van der Waals surface area contributed by atoms with Gasteiger partial charge in [-0.25, -0.2) is 9.38 Å². The second-order valence-electron chi connectivity index (χ2n) is 7.86. The van der Waals surface area contributed by atoms with Crippen molar-refractivity contribution in [3.05, 3.63) is 65.5 Å².